The Kier molecular flexibility index (Phi) is 7.71. The summed E-state index contributed by atoms with van der Waals surface area (Å²) in [6, 6.07) is 14.6. The number of aromatic amines is 1. The van der Waals surface area contributed by atoms with E-state index in [-0.39, 0.29) is 18.1 Å². The highest BCUT2D eigenvalue weighted by molar-refractivity contribution is 6.33. The maximum absolute atomic E-state index is 13.1. The number of amides is 2. The number of para-hydroxylation sites is 2. The van der Waals surface area contributed by atoms with Gasteiger partial charge in [0.05, 0.1) is 22.8 Å². The molecule has 0 bridgehead atoms. The third-order valence-corrected chi connectivity index (χ3v) is 5.84. The van der Waals surface area contributed by atoms with Gasteiger partial charge in [-0.15, -0.1) is 0 Å². The van der Waals surface area contributed by atoms with E-state index < -0.39 is 0 Å². The van der Waals surface area contributed by atoms with Gasteiger partial charge in [-0.1, -0.05) is 55.8 Å². The first-order valence-corrected chi connectivity index (χ1v) is 10.9. The number of hydrogen-bond donors (Lipinski definition) is 2. The minimum Gasteiger partial charge on any atom is -0.321 e. The summed E-state index contributed by atoms with van der Waals surface area (Å²) in [7, 11) is 0. The standard InChI is InChI=1S/C24H29ClN4O2/c1-4-28(5-2)13-14-29(24(31)26-21-12-7-6-11-20(21)25)16-19-15-18-10-8-9-17(3)22(18)27-23(19)30/h6-12,15H,4-5,13-14,16H2,1-3H3,(H,26,31)(H,27,30). The number of hydrogen-bond acceptors (Lipinski definition) is 3. The van der Waals surface area contributed by atoms with Crippen molar-refractivity contribution in [3.05, 3.63) is 75.0 Å². The largest absolute Gasteiger partial charge is 0.322 e. The number of aromatic nitrogens is 1. The van der Waals surface area contributed by atoms with E-state index in [1.54, 1.807) is 17.0 Å². The molecule has 31 heavy (non-hydrogen) atoms. The Hall–Kier alpha value is -2.83. The van der Waals surface area contributed by atoms with Gasteiger partial charge in [0, 0.05) is 18.7 Å². The van der Waals surface area contributed by atoms with Crippen molar-refractivity contribution >= 4 is 34.2 Å². The first-order valence-electron chi connectivity index (χ1n) is 10.6. The normalized spacial score (nSPS) is 11.1. The second-order valence-corrected chi connectivity index (χ2v) is 7.93. The molecule has 0 fully saturated rings. The van der Waals surface area contributed by atoms with Gasteiger partial charge in [0.25, 0.3) is 5.56 Å². The molecule has 0 saturated carbocycles. The van der Waals surface area contributed by atoms with E-state index in [1.165, 1.54) is 0 Å². The zero-order valence-electron chi connectivity index (χ0n) is 18.2. The summed E-state index contributed by atoms with van der Waals surface area (Å²) >= 11 is 6.21. The maximum atomic E-state index is 13.1. The van der Waals surface area contributed by atoms with Gasteiger partial charge in [0.15, 0.2) is 0 Å². The van der Waals surface area contributed by atoms with Gasteiger partial charge < -0.3 is 20.1 Å². The number of likely N-dealkylation sites (N-methyl/N-ethyl adjacent to an activating group) is 1. The topological polar surface area (TPSA) is 68.4 Å². The van der Waals surface area contributed by atoms with Crippen LogP contribution in [0.4, 0.5) is 10.5 Å². The smallest absolute Gasteiger partial charge is 0.321 e. The van der Waals surface area contributed by atoms with Gasteiger partial charge in [0.1, 0.15) is 0 Å². The highest BCUT2D eigenvalue weighted by Gasteiger charge is 2.18. The maximum Gasteiger partial charge on any atom is 0.322 e. The van der Waals surface area contributed by atoms with Crippen molar-refractivity contribution in [2.75, 3.05) is 31.5 Å². The molecular formula is C24H29ClN4O2. The molecule has 0 unspecified atom stereocenters. The van der Waals surface area contributed by atoms with Crippen LogP contribution in [0.2, 0.25) is 5.02 Å². The average molecular weight is 441 g/mol. The van der Waals surface area contributed by atoms with Gasteiger partial charge in [-0.25, -0.2) is 4.79 Å². The van der Waals surface area contributed by atoms with E-state index in [2.05, 4.69) is 29.0 Å². The molecule has 0 aliphatic rings. The molecule has 2 amide bonds. The SMILES string of the molecule is CCN(CC)CCN(Cc1cc2cccc(C)c2[nH]c1=O)C(=O)Nc1ccccc1Cl. The number of carbonyl (C=O) groups excluding carboxylic acids is 1. The monoisotopic (exact) mass is 440 g/mol. The van der Waals surface area contributed by atoms with Crippen LogP contribution in [0.1, 0.15) is 25.0 Å². The zero-order valence-corrected chi connectivity index (χ0v) is 19.0. The minimum absolute atomic E-state index is 0.180. The van der Waals surface area contributed by atoms with Crippen molar-refractivity contribution in [3.8, 4) is 0 Å². The fourth-order valence-corrected chi connectivity index (χ4v) is 3.75. The summed E-state index contributed by atoms with van der Waals surface area (Å²) in [5.74, 6) is 0. The Labute approximate surface area is 187 Å². The second kappa shape index (κ2) is 10.5. The summed E-state index contributed by atoms with van der Waals surface area (Å²) in [6.45, 7) is 9.35. The first kappa shape index (κ1) is 22.8. The summed E-state index contributed by atoms with van der Waals surface area (Å²) < 4.78 is 0. The van der Waals surface area contributed by atoms with Gasteiger partial charge in [-0.2, -0.15) is 0 Å². The fourth-order valence-electron chi connectivity index (χ4n) is 3.56. The van der Waals surface area contributed by atoms with Crippen LogP contribution < -0.4 is 10.9 Å². The number of halogens is 1. The van der Waals surface area contributed by atoms with Crippen LogP contribution in [-0.2, 0) is 6.54 Å². The number of benzene rings is 2. The van der Waals surface area contributed by atoms with Gasteiger partial charge >= 0.3 is 6.03 Å². The van der Waals surface area contributed by atoms with Crippen molar-refractivity contribution in [2.24, 2.45) is 0 Å². The van der Waals surface area contributed by atoms with Crippen LogP contribution in [0.5, 0.6) is 0 Å². The third-order valence-electron chi connectivity index (χ3n) is 5.51. The highest BCUT2D eigenvalue weighted by Crippen LogP contribution is 2.21. The third kappa shape index (κ3) is 5.66. The molecular weight excluding hydrogens is 412 g/mol. The number of aryl methyl sites for hydroxylation is 1. The lowest BCUT2D eigenvalue weighted by atomic mass is 10.1. The molecule has 2 aromatic carbocycles. The second-order valence-electron chi connectivity index (χ2n) is 7.52. The molecule has 0 saturated heterocycles. The van der Waals surface area contributed by atoms with Crippen LogP contribution in [0.25, 0.3) is 10.9 Å². The predicted octanol–water partition coefficient (Wildman–Crippen LogP) is 4.87. The molecule has 0 spiro atoms. The lowest BCUT2D eigenvalue weighted by Gasteiger charge is -2.27. The minimum atomic E-state index is -0.288. The van der Waals surface area contributed by atoms with Crippen LogP contribution in [0, 0.1) is 6.92 Å². The van der Waals surface area contributed by atoms with Crippen molar-refractivity contribution < 1.29 is 4.79 Å². The summed E-state index contributed by atoms with van der Waals surface area (Å²) in [6.07, 6.45) is 0. The van der Waals surface area contributed by atoms with Crippen molar-refractivity contribution in [2.45, 2.75) is 27.3 Å². The van der Waals surface area contributed by atoms with E-state index in [4.69, 9.17) is 11.6 Å². The molecule has 3 aromatic rings. The molecule has 0 radical (unpaired) electrons. The summed E-state index contributed by atoms with van der Waals surface area (Å²) in [4.78, 5) is 32.7. The average Bonchev–Trinajstić information content (AvgIpc) is 2.76. The molecule has 0 aliphatic heterocycles. The van der Waals surface area contributed by atoms with Crippen LogP contribution in [-0.4, -0.2) is 47.0 Å². The molecule has 1 aromatic heterocycles. The quantitative estimate of drug-likeness (QED) is 0.525. The Morgan fingerprint density at radius 2 is 1.81 bits per heavy atom. The Balaban J connectivity index is 1.88. The van der Waals surface area contributed by atoms with E-state index in [1.807, 2.05) is 43.3 Å². The molecule has 6 nitrogen and oxygen atoms in total. The molecule has 7 heteroatoms. The Morgan fingerprint density at radius 3 is 2.52 bits per heavy atom. The predicted molar refractivity (Wildman–Crippen MR) is 128 cm³/mol. The van der Waals surface area contributed by atoms with Crippen LogP contribution in [0.15, 0.2) is 53.3 Å². The zero-order chi connectivity index (χ0) is 22.4. The number of pyridine rings is 1. The summed E-state index contributed by atoms with van der Waals surface area (Å²) in [5.41, 5.74) is 2.75. The highest BCUT2D eigenvalue weighted by atomic mass is 35.5. The number of fused-ring (bicyclic) bond motifs is 1. The van der Waals surface area contributed by atoms with Crippen LogP contribution >= 0.6 is 11.6 Å². The first-order chi connectivity index (χ1) is 14.9. The molecule has 164 valence electrons. The van der Waals surface area contributed by atoms with E-state index >= 15 is 0 Å². The van der Waals surface area contributed by atoms with Crippen molar-refractivity contribution in [1.82, 2.24) is 14.8 Å². The molecule has 0 aliphatic carbocycles. The molecule has 1 heterocycles. The number of rotatable bonds is 8. The molecule has 2 N–H and O–H groups in total. The van der Waals surface area contributed by atoms with Crippen molar-refractivity contribution in [3.63, 3.8) is 0 Å². The van der Waals surface area contributed by atoms with E-state index in [0.717, 1.165) is 29.6 Å². The molecule has 3 rings (SSSR count). The lowest BCUT2D eigenvalue weighted by Crippen LogP contribution is -2.41. The number of carbonyl (C=O) groups is 1. The number of urea groups is 1. The number of nitrogens with zero attached hydrogens (tertiary/aromatic N) is 2. The molecule has 0 atom stereocenters. The number of H-pyrrole nitrogens is 1. The van der Waals surface area contributed by atoms with Crippen molar-refractivity contribution in [1.29, 1.82) is 0 Å². The lowest BCUT2D eigenvalue weighted by molar-refractivity contribution is 0.194. The summed E-state index contributed by atoms with van der Waals surface area (Å²) in [5, 5.41) is 4.30. The fraction of sp³-hybridized carbons (Fsp3) is 0.333. The van der Waals surface area contributed by atoms with E-state index in [0.29, 0.717) is 29.4 Å². The van der Waals surface area contributed by atoms with Gasteiger partial charge in [0.2, 0.25) is 0 Å². The number of anilines is 1. The number of nitrogens with one attached hydrogen (secondary N) is 2. The van der Waals surface area contributed by atoms with Gasteiger partial charge in [-0.3, -0.25) is 4.79 Å². The van der Waals surface area contributed by atoms with Crippen LogP contribution in [0.3, 0.4) is 0 Å². The van der Waals surface area contributed by atoms with Gasteiger partial charge in [-0.05, 0) is 49.2 Å². The Morgan fingerprint density at radius 1 is 1.06 bits per heavy atom. The van der Waals surface area contributed by atoms with E-state index in [9.17, 15) is 9.59 Å². The Bertz CT molecular complexity index is 1110.